The third-order valence-electron chi connectivity index (χ3n) is 2.63. The molecule has 1 heteroatoms. The van der Waals surface area contributed by atoms with Crippen LogP contribution in [0.25, 0.3) is 5.57 Å². The van der Waals surface area contributed by atoms with Gasteiger partial charge in [-0.3, -0.25) is 0 Å². The van der Waals surface area contributed by atoms with Crippen molar-refractivity contribution in [3.63, 3.8) is 0 Å². The van der Waals surface area contributed by atoms with E-state index in [0.717, 1.165) is 5.70 Å². The molecule has 17 heavy (non-hydrogen) atoms. The molecule has 0 aliphatic heterocycles. The maximum absolute atomic E-state index is 5.43. The molecule has 0 amide bonds. The van der Waals surface area contributed by atoms with Crippen LogP contribution in [0, 0.1) is 19.3 Å². The molecule has 0 atom stereocenters. The summed E-state index contributed by atoms with van der Waals surface area (Å²) >= 11 is 0. The lowest BCUT2D eigenvalue weighted by Crippen LogP contribution is -2.08. The van der Waals surface area contributed by atoms with Crippen LogP contribution in [-0.2, 0) is 0 Å². The number of terminal acetylenes is 1. The van der Waals surface area contributed by atoms with Gasteiger partial charge in [-0.15, -0.1) is 6.42 Å². The van der Waals surface area contributed by atoms with Gasteiger partial charge in [0, 0.05) is 14.1 Å². The molecular formula is C16H19N. The maximum Gasteiger partial charge on any atom is 0.0871 e. The van der Waals surface area contributed by atoms with Crippen LogP contribution >= 0.6 is 0 Å². The van der Waals surface area contributed by atoms with Crippen LogP contribution in [-0.4, -0.2) is 19.0 Å². The van der Waals surface area contributed by atoms with Gasteiger partial charge in [0.15, 0.2) is 0 Å². The molecule has 0 fully saturated rings. The maximum atomic E-state index is 5.43. The molecule has 1 aromatic carbocycles. The fraction of sp³-hybridized carbons (Fsp3) is 0.250. The summed E-state index contributed by atoms with van der Waals surface area (Å²) in [5.41, 5.74) is 4.58. The van der Waals surface area contributed by atoms with Crippen molar-refractivity contribution in [1.29, 1.82) is 0 Å². The smallest absolute Gasteiger partial charge is 0.0871 e. The molecule has 88 valence electrons. The predicted octanol–water partition coefficient (Wildman–Crippen LogP) is 3.48. The molecule has 0 spiro atoms. The largest absolute Gasteiger partial charge is 0.371 e. The van der Waals surface area contributed by atoms with E-state index in [1.165, 1.54) is 16.7 Å². The van der Waals surface area contributed by atoms with Gasteiger partial charge in [-0.25, -0.2) is 0 Å². The number of hydrogen-bond donors (Lipinski definition) is 0. The Balaban J connectivity index is 2.94. The van der Waals surface area contributed by atoms with E-state index in [2.05, 4.69) is 50.1 Å². The average Bonchev–Trinajstić information content (AvgIpc) is 2.30. The fourth-order valence-corrected chi connectivity index (χ4v) is 1.44. The summed E-state index contributed by atoms with van der Waals surface area (Å²) in [5.74, 6) is 2.66. The minimum absolute atomic E-state index is 0.872. The van der Waals surface area contributed by atoms with Gasteiger partial charge in [-0.2, -0.15) is 0 Å². The number of benzene rings is 1. The first kappa shape index (κ1) is 13.1. The van der Waals surface area contributed by atoms with Crippen LogP contribution in [0.15, 0.2) is 42.1 Å². The zero-order chi connectivity index (χ0) is 12.8. The minimum atomic E-state index is 0.872. The van der Waals surface area contributed by atoms with Crippen LogP contribution in [0.3, 0.4) is 0 Å². The highest BCUT2D eigenvalue weighted by molar-refractivity contribution is 5.65. The van der Waals surface area contributed by atoms with Gasteiger partial charge in [0.25, 0.3) is 0 Å². The van der Waals surface area contributed by atoms with Crippen molar-refractivity contribution in [2.75, 3.05) is 14.1 Å². The molecule has 1 rings (SSSR count). The van der Waals surface area contributed by atoms with E-state index < -0.39 is 0 Å². The minimum Gasteiger partial charge on any atom is -0.371 e. The summed E-state index contributed by atoms with van der Waals surface area (Å²) in [6, 6.07) is 8.48. The van der Waals surface area contributed by atoms with E-state index in [4.69, 9.17) is 6.42 Å². The highest BCUT2D eigenvalue weighted by Crippen LogP contribution is 2.14. The van der Waals surface area contributed by atoms with Gasteiger partial charge >= 0.3 is 0 Å². The Kier molecular flexibility index (Phi) is 4.60. The van der Waals surface area contributed by atoms with Crippen molar-refractivity contribution >= 4 is 5.57 Å². The lowest BCUT2D eigenvalue weighted by atomic mass is 10.1. The Labute approximate surface area is 104 Å². The number of hydrogen-bond acceptors (Lipinski definition) is 1. The van der Waals surface area contributed by atoms with Crippen LogP contribution in [0.2, 0.25) is 0 Å². The fourth-order valence-electron chi connectivity index (χ4n) is 1.44. The molecule has 0 aliphatic rings. The van der Waals surface area contributed by atoms with Gasteiger partial charge in [0.2, 0.25) is 0 Å². The second-order valence-electron chi connectivity index (χ2n) is 4.31. The number of allylic oxidation sites excluding steroid dienone is 4. The van der Waals surface area contributed by atoms with E-state index in [1.54, 1.807) is 0 Å². The Hall–Kier alpha value is -1.94. The quantitative estimate of drug-likeness (QED) is 0.562. The third-order valence-corrected chi connectivity index (χ3v) is 2.63. The Morgan fingerprint density at radius 2 is 1.76 bits per heavy atom. The summed E-state index contributed by atoms with van der Waals surface area (Å²) in [7, 11) is 3.89. The second kappa shape index (κ2) is 5.96. The standard InChI is InChI=1S/C16H19N/c1-6-16(17(4)5)12-9-14(3)15-10-7-13(2)8-11-15/h1,7-12H,2-5H3/b14-9+,16-12+. The Bertz CT molecular complexity index is 467. The molecule has 0 N–H and O–H groups in total. The van der Waals surface area contributed by atoms with Gasteiger partial charge in [0.1, 0.15) is 0 Å². The van der Waals surface area contributed by atoms with Crippen molar-refractivity contribution in [3.8, 4) is 12.3 Å². The lowest BCUT2D eigenvalue weighted by Gasteiger charge is -2.10. The second-order valence-corrected chi connectivity index (χ2v) is 4.31. The highest BCUT2D eigenvalue weighted by atomic mass is 15.1. The van der Waals surface area contributed by atoms with Gasteiger partial charge in [0.05, 0.1) is 5.70 Å². The molecule has 0 heterocycles. The Morgan fingerprint density at radius 1 is 1.18 bits per heavy atom. The molecular weight excluding hydrogens is 206 g/mol. The summed E-state index contributed by atoms with van der Waals surface area (Å²) in [6.07, 6.45) is 9.45. The van der Waals surface area contributed by atoms with Crippen molar-refractivity contribution in [1.82, 2.24) is 4.90 Å². The zero-order valence-corrected chi connectivity index (χ0v) is 11.0. The van der Waals surface area contributed by atoms with Crippen molar-refractivity contribution < 1.29 is 0 Å². The van der Waals surface area contributed by atoms with Crippen LogP contribution < -0.4 is 0 Å². The van der Waals surface area contributed by atoms with Crippen molar-refractivity contribution in [3.05, 3.63) is 53.2 Å². The molecule has 0 unspecified atom stereocenters. The average molecular weight is 225 g/mol. The van der Waals surface area contributed by atoms with Crippen LogP contribution in [0.1, 0.15) is 18.1 Å². The van der Waals surface area contributed by atoms with E-state index in [-0.39, 0.29) is 0 Å². The summed E-state index contributed by atoms with van der Waals surface area (Å²) in [5, 5.41) is 0. The SMILES string of the molecule is C#C/C(=C\C=C(/C)c1ccc(C)cc1)N(C)C. The van der Waals surface area contributed by atoms with E-state index in [0.29, 0.717) is 0 Å². The number of aryl methyl sites for hydroxylation is 1. The normalized spacial score (nSPS) is 12.2. The first-order valence-electron chi connectivity index (χ1n) is 5.64. The molecule has 0 aliphatic carbocycles. The third kappa shape index (κ3) is 3.85. The topological polar surface area (TPSA) is 3.24 Å². The molecule has 1 aromatic rings. The molecule has 0 bridgehead atoms. The van der Waals surface area contributed by atoms with Gasteiger partial charge < -0.3 is 4.90 Å². The number of rotatable bonds is 3. The van der Waals surface area contributed by atoms with Gasteiger partial charge in [-0.05, 0) is 31.1 Å². The summed E-state index contributed by atoms with van der Waals surface area (Å²) in [4.78, 5) is 1.93. The Morgan fingerprint density at radius 3 is 2.24 bits per heavy atom. The predicted molar refractivity (Wildman–Crippen MR) is 75.4 cm³/mol. The first-order chi connectivity index (χ1) is 8.04. The molecule has 1 nitrogen and oxygen atoms in total. The van der Waals surface area contributed by atoms with E-state index >= 15 is 0 Å². The number of nitrogens with zero attached hydrogens (tertiary/aromatic N) is 1. The molecule has 0 radical (unpaired) electrons. The van der Waals surface area contributed by atoms with Crippen molar-refractivity contribution in [2.45, 2.75) is 13.8 Å². The summed E-state index contributed by atoms with van der Waals surface area (Å²) < 4.78 is 0. The highest BCUT2D eigenvalue weighted by Gasteiger charge is 1.95. The monoisotopic (exact) mass is 225 g/mol. The summed E-state index contributed by atoms with van der Waals surface area (Å²) in [6.45, 7) is 4.18. The van der Waals surface area contributed by atoms with Gasteiger partial charge in [-0.1, -0.05) is 41.8 Å². The first-order valence-corrected chi connectivity index (χ1v) is 5.64. The van der Waals surface area contributed by atoms with E-state index in [9.17, 15) is 0 Å². The zero-order valence-electron chi connectivity index (χ0n) is 11.0. The molecule has 0 aromatic heterocycles. The van der Waals surface area contributed by atoms with Crippen LogP contribution in [0.4, 0.5) is 0 Å². The van der Waals surface area contributed by atoms with Crippen LogP contribution in [0.5, 0.6) is 0 Å². The molecule has 0 saturated carbocycles. The molecule has 0 saturated heterocycles. The van der Waals surface area contributed by atoms with E-state index in [1.807, 2.05) is 25.1 Å². The lowest BCUT2D eigenvalue weighted by molar-refractivity contribution is 0.535. The van der Waals surface area contributed by atoms with Crippen molar-refractivity contribution in [2.24, 2.45) is 0 Å².